The molecule has 0 aliphatic rings. The number of sulfonamides is 1. The van der Waals surface area contributed by atoms with E-state index in [1.807, 2.05) is 0 Å². The molecule has 0 aliphatic heterocycles. The number of rotatable bonds is 6. The maximum Gasteiger partial charge on any atom is 0.320 e. The molecule has 0 aliphatic carbocycles. The van der Waals surface area contributed by atoms with Crippen LogP contribution in [0.15, 0.2) is 42.9 Å². The zero-order valence-corrected chi connectivity index (χ0v) is 14.2. The zero-order chi connectivity index (χ0) is 17.6. The van der Waals surface area contributed by atoms with Crippen LogP contribution in [0.25, 0.3) is 0 Å². The highest BCUT2D eigenvalue weighted by Gasteiger charge is 2.14. The van der Waals surface area contributed by atoms with Crippen LogP contribution >= 0.6 is 0 Å². The van der Waals surface area contributed by atoms with Crippen molar-refractivity contribution < 1.29 is 13.2 Å². The van der Waals surface area contributed by atoms with Crippen molar-refractivity contribution >= 4 is 21.9 Å². The van der Waals surface area contributed by atoms with Crippen molar-refractivity contribution in [1.29, 1.82) is 0 Å². The normalized spacial score (nSPS) is 11.3. The lowest BCUT2D eigenvalue weighted by atomic mass is 10.1. The number of urea groups is 1. The Kier molecular flexibility index (Phi) is 5.83. The van der Waals surface area contributed by atoms with Gasteiger partial charge in [0.2, 0.25) is 10.0 Å². The summed E-state index contributed by atoms with van der Waals surface area (Å²) in [4.78, 5) is 19.4. The van der Waals surface area contributed by atoms with Crippen LogP contribution in [0.2, 0.25) is 0 Å². The lowest BCUT2D eigenvalue weighted by Gasteiger charge is -2.11. The predicted molar refractivity (Wildman–Crippen MR) is 90.6 cm³/mol. The van der Waals surface area contributed by atoms with Crippen LogP contribution in [0.1, 0.15) is 11.1 Å². The molecule has 128 valence electrons. The molecular formula is C15H19N5O3S. The lowest BCUT2D eigenvalue weighted by Crippen LogP contribution is -2.28. The van der Waals surface area contributed by atoms with Gasteiger partial charge in [-0.05, 0) is 17.2 Å². The molecule has 2 N–H and O–H groups in total. The number of carbonyl (C=O) groups excluding carboxylic acids is 1. The van der Waals surface area contributed by atoms with E-state index in [1.165, 1.54) is 30.9 Å². The number of hydrogen-bond donors (Lipinski definition) is 2. The average Bonchev–Trinajstić information content (AvgIpc) is 2.55. The molecule has 0 radical (unpaired) electrons. The number of nitrogens with zero attached hydrogens (tertiary/aromatic N) is 3. The minimum Gasteiger partial charge on any atom is -0.334 e. The smallest absolute Gasteiger partial charge is 0.320 e. The summed E-state index contributed by atoms with van der Waals surface area (Å²) in [7, 11) is -0.275. The molecule has 0 saturated carbocycles. The first-order valence-corrected chi connectivity index (χ1v) is 8.76. The molecular weight excluding hydrogens is 330 g/mol. The first kappa shape index (κ1) is 17.8. The van der Waals surface area contributed by atoms with Crippen LogP contribution < -0.4 is 10.6 Å². The fourth-order valence-corrected chi connectivity index (χ4v) is 2.67. The van der Waals surface area contributed by atoms with Gasteiger partial charge < -0.3 is 5.32 Å². The van der Waals surface area contributed by atoms with Crippen LogP contribution in [-0.2, 0) is 22.3 Å². The van der Waals surface area contributed by atoms with E-state index < -0.39 is 10.0 Å². The molecule has 0 atom stereocenters. The second-order valence-corrected chi connectivity index (χ2v) is 7.44. The molecule has 1 aromatic heterocycles. The minimum absolute atomic E-state index is 0.0537. The first-order valence-electron chi connectivity index (χ1n) is 7.16. The predicted octanol–water partition coefficient (Wildman–Crippen LogP) is 1.19. The molecule has 2 aromatic rings. The third-order valence-electron chi connectivity index (χ3n) is 3.21. The van der Waals surface area contributed by atoms with Gasteiger partial charge in [-0.1, -0.05) is 24.3 Å². The second-order valence-electron chi connectivity index (χ2n) is 5.26. The third kappa shape index (κ3) is 5.28. The van der Waals surface area contributed by atoms with Gasteiger partial charge in [0.25, 0.3) is 0 Å². The standard InChI is InChI=1S/C15H19N5O3S/c1-20(2)24(22,23)10-13-5-3-12(4-6-13)9-17-15(21)19-14-7-8-16-11-18-14/h3-8,11H,9-10H2,1-2H3,(H2,16,17,18,19,21). The Balaban J connectivity index is 1.87. The highest BCUT2D eigenvalue weighted by molar-refractivity contribution is 7.88. The van der Waals surface area contributed by atoms with E-state index in [0.717, 1.165) is 5.56 Å². The Morgan fingerprint density at radius 1 is 1.12 bits per heavy atom. The summed E-state index contributed by atoms with van der Waals surface area (Å²) in [6, 6.07) is 8.24. The number of hydrogen-bond acceptors (Lipinski definition) is 5. The van der Waals surface area contributed by atoms with Crippen molar-refractivity contribution in [1.82, 2.24) is 19.6 Å². The summed E-state index contributed by atoms with van der Waals surface area (Å²) in [6.45, 7) is 0.317. The maximum absolute atomic E-state index is 11.8. The highest BCUT2D eigenvalue weighted by atomic mass is 32.2. The zero-order valence-electron chi connectivity index (χ0n) is 13.4. The van der Waals surface area contributed by atoms with Crippen molar-refractivity contribution in [3.63, 3.8) is 0 Å². The number of amides is 2. The Morgan fingerprint density at radius 3 is 2.38 bits per heavy atom. The number of carbonyl (C=O) groups is 1. The fourth-order valence-electron chi connectivity index (χ4n) is 1.80. The molecule has 0 bridgehead atoms. The first-order chi connectivity index (χ1) is 11.4. The van der Waals surface area contributed by atoms with Crippen molar-refractivity contribution in [3.8, 4) is 0 Å². The molecule has 9 heteroatoms. The van der Waals surface area contributed by atoms with Gasteiger partial charge in [0.15, 0.2) is 0 Å². The largest absolute Gasteiger partial charge is 0.334 e. The summed E-state index contributed by atoms with van der Waals surface area (Å²) in [5.41, 5.74) is 1.55. The lowest BCUT2D eigenvalue weighted by molar-refractivity contribution is 0.251. The van der Waals surface area contributed by atoms with Gasteiger partial charge in [0, 0.05) is 26.8 Å². The molecule has 0 fully saturated rings. The van der Waals surface area contributed by atoms with Gasteiger partial charge in [-0.25, -0.2) is 27.5 Å². The van der Waals surface area contributed by atoms with Crippen molar-refractivity contribution in [2.45, 2.75) is 12.3 Å². The van der Waals surface area contributed by atoms with Gasteiger partial charge >= 0.3 is 6.03 Å². The van der Waals surface area contributed by atoms with E-state index >= 15 is 0 Å². The van der Waals surface area contributed by atoms with Crippen molar-refractivity contribution in [3.05, 3.63) is 54.0 Å². The number of aromatic nitrogens is 2. The molecule has 1 heterocycles. The van der Waals surface area contributed by atoms with E-state index in [2.05, 4.69) is 20.6 Å². The molecule has 0 unspecified atom stereocenters. The summed E-state index contributed by atoms with van der Waals surface area (Å²) >= 11 is 0. The van der Waals surface area contributed by atoms with Gasteiger partial charge in [-0.3, -0.25) is 5.32 Å². The maximum atomic E-state index is 11.8. The molecule has 8 nitrogen and oxygen atoms in total. The van der Waals surface area contributed by atoms with Crippen molar-refractivity contribution in [2.24, 2.45) is 0 Å². The molecule has 0 spiro atoms. The monoisotopic (exact) mass is 349 g/mol. The third-order valence-corrected chi connectivity index (χ3v) is 5.02. The topological polar surface area (TPSA) is 104 Å². The van der Waals surface area contributed by atoms with Crippen LogP contribution in [0.4, 0.5) is 10.6 Å². The second kappa shape index (κ2) is 7.84. The van der Waals surface area contributed by atoms with Crippen LogP contribution in [0.5, 0.6) is 0 Å². The molecule has 24 heavy (non-hydrogen) atoms. The van der Waals surface area contributed by atoms with Gasteiger partial charge in [-0.2, -0.15) is 0 Å². The Labute approximate surface area is 141 Å². The van der Waals surface area contributed by atoms with E-state index in [4.69, 9.17) is 0 Å². The minimum atomic E-state index is -3.28. The number of nitrogens with one attached hydrogen (secondary N) is 2. The molecule has 2 rings (SSSR count). The van der Waals surface area contributed by atoms with E-state index in [1.54, 1.807) is 30.3 Å². The summed E-state index contributed by atoms with van der Waals surface area (Å²) in [5.74, 6) is 0.355. The summed E-state index contributed by atoms with van der Waals surface area (Å²) < 4.78 is 24.8. The number of anilines is 1. The van der Waals surface area contributed by atoms with E-state index in [9.17, 15) is 13.2 Å². The summed E-state index contributed by atoms with van der Waals surface area (Å²) in [5, 5.41) is 5.28. The van der Waals surface area contributed by atoms with Gasteiger partial charge in [0.05, 0.1) is 5.75 Å². The Bertz CT molecular complexity index is 777. The van der Waals surface area contributed by atoms with Crippen LogP contribution in [0.3, 0.4) is 0 Å². The average molecular weight is 349 g/mol. The molecule has 1 aromatic carbocycles. The fraction of sp³-hybridized carbons (Fsp3) is 0.267. The van der Waals surface area contributed by atoms with E-state index in [-0.39, 0.29) is 11.8 Å². The summed E-state index contributed by atoms with van der Waals surface area (Å²) in [6.07, 6.45) is 2.87. The van der Waals surface area contributed by atoms with E-state index in [0.29, 0.717) is 17.9 Å². The Morgan fingerprint density at radius 2 is 1.79 bits per heavy atom. The molecule has 0 saturated heterocycles. The molecule has 2 amide bonds. The highest BCUT2D eigenvalue weighted by Crippen LogP contribution is 2.10. The van der Waals surface area contributed by atoms with Crippen molar-refractivity contribution in [2.75, 3.05) is 19.4 Å². The van der Waals surface area contributed by atoms with Crippen LogP contribution in [-0.4, -0.2) is 42.8 Å². The van der Waals surface area contributed by atoms with Crippen LogP contribution in [0, 0.1) is 0 Å². The van der Waals surface area contributed by atoms with Gasteiger partial charge in [-0.15, -0.1) is 0 Å². The van der Waals surface area contributed by atoms with Gasteiger partial charge in [0.1, 0.15) is 12.1 Å². The Hall–Kier alpha value is -2.52. The number of benzene rings is 1. The SMILES string of the molecule is CN(C)S(=O)(=O)Cc1ccc(CNC(=O)Nc2ccncn2)cc1. The quantitative estimate of drug-likeness (QED) is 0.815.